The van der Waals surface area contributed by atoms with E-state index < -0.39 is 11.9 Å². The van der Waals surface area contributed by atoms with Crippen molar-refractivity contribution in [3.8, 4) is 0 Å². The Hall–Kier alpha value is -2.32. The second-order valence-corrected chi connectivity index (χ2v) is 8.98. The molecule has 1 saturated heterocycles. The van der Waals surface area contributed by atoms with Crippen molar-refractivity contribution in [2.45, 2.75) is 22.3 Å². The van der Waals surface area contributed by atoms with Gasteiger partial charge in [-0.2, -0.15) is 0 Å². The van der Waals surface area contributed by atoms with Gasteiger partial charge in [0, 0.05) is 59.2 Å². The maximum Gasteiger partial charge on any atom is 0.328 e. The van der Waals surface area contributed by atoms with Crippen LogP contribution in [0.5, 0.6) is 0 Å². The summed E-state index contributed by atoms with van der Waals surface area (Å²) in [6.45, 7) is 4.56. The number of likely N-dealkylation sites (N-methyl/N-ethyl adjacent to an activating group) is 1. The molecule has 2 aromatic carbocycles. The number of aliphatic carboxylic acids is 2. The van der Waals surface area contributed by atoms with Gasteiger partial charge in [-0.1, -0.05) is 41.6 Å². The maximum atomic E-state index is 9.55. The van der Waals surface area contributed by atoms with Crippen LogP contribution in [0.4, 0.5) is 0 Å². The fourth-order valence-corrected chi connectivity index (χ4v) is 5.00. The first-order chi connectivity index (χ1) is 14.8. The van der Waals surface area contributed by atoms with Crippen LogP contribution in [0.1, 0.15) is 17.2 Å². The van der Waals surface area contributed by atoms with Crippen molar-refractivity contribution in [2.24, 2.45) is 0 Å². The molecule has 31 heavy (non-hydrogen) atoms. The predicted molar refractivity (Wildman–Crippen MR) is 122 cm³/mol. The van der Waals surface area contributed by atoms with Crippen LogP contribution in [0.25, 0.3) is 0 Å². The van der Waals surface area contributed by atoms with Crippen LogP contribution in [-0.2, 0) is 16.0 Å². The van der Waals surface area contributed by atoms with Gasteiger partial charge in [-0.15, -0.1) is 0 Å². The smallest absolute Gasteiger partial charge is 0.328 e. The number of fused-ring (bicyclic) bond motifs is 2. The fraction of sp³-hybridized carbons (Fsp3) is 0.304. The molecule has 6 nitrogen and oxygen atoms in total. The lowest BCUT2D eigenvalue weighted by atomic mass is 9.96. The molecule has 2 aromatic rings. The third-order valence-corrected chi connectivity index (χ3v) is 6.73. The molecular weight excluding hydrogens is 436 g/mol. The maximum absolute atomic E-state index is 9.55. The molecule has 0 spiro atoms. The van der Waals surface area contributed by atoms with Gasteiger partial charge in [0.05, 0.1) is 0 Å². The van der Waals surface area contributed by atoms with Gasteiger partial charge in [-0.25, -0.2) is 9.59 Å². The van der Waals surface area contributed by atoms with E-state index in [1.807, 2.05) is 17.8 Å². The minimum atomic E-state index is -1.26. The number of benzene rings is 2. The third-order valence-electron chi connectivity index (χ3n) is 5.28. The second kappa shape index (κ2) is 10.8. The predicted octanol–water partition coefficient (Wildman–Crippen LogP) is 4.05. The average molecular weight is 461 g/mol. The number of carboxylic acid groups (broad SMARTS) is 2. The summed E-state index contributed by atoms with van der Waals surface area (Å²) in [6, 6.07) is 15.7. The number of nitrogens with zero attached hydrogens (tertiary/aromatic N) is 2. The molecule has 0 amide bonds. The van der Waals surface area contributed by atoms with Gasteiger partial charge in [0.25, 0.3) is 0 Å². The summed E-state index contributed by atoms with van der Waals surface area (Å²) in [5.41, 5.74) is 2.84. The molecule has 1 unspecified atom stereocenters. The minimum Gasteiger partial charge on any atom is -0.478 e. The Kier molecular flexibility index (Phi) is 8.15. The first-order valence-electron chi connectivity index (χ1n) is 9.95. The quantitative estimate of drug-likeness (QED) is 0.669. The standard InChI is InChI=1S/C19H21ClN2S.C4H4O4/c1-21-8-10-22(11-9-21)17-13-14-12-15(20)6-7-18(14)23-19-5-3-2-4-16(17)19;5-3(6)1-2-4(7)8/h2-7,12,17H,8-11,13H2,1H3;1-2H,(H,5,6)(H,7,8)/b;2-1-. The molecule has 2 N–H and O–H groups in total. The summed E-state index contributed by atoms with van der Waals surface area (Å²) in [5.74, 6) is -2.51. The van der Waals surface area contributed by atoms with E-state index in [2.05, 4.69) is 53.2 Å². The van der Waals surface area contributed by atoms with Gasteiger partial charge >= 0.3 is 11.9 Å². The van der Waals surface area contributed by atoms with E-state index in [1.54, 1.807) is 0 Å². The van der Waals surface area contributed by atoms with Crippen molar-refractivity contribution >= 4 is 35.3 Å². The Balaban J connectivity index is 0.000000293. The van der Waals surface area contributed by atoms with Crippen molar-refractivity contribution in [1.29, 1.82) is 0 Å². The summed E-state index contributed by atoms with van der Waals surface area (Å²) in [6.07, 6.45) is 2.16. The summed E-state index contributed by atoms with van der Waals surface area (Å²) in [4.78, 5) is 26.9. The van der Waals surface area contributed by atoms with Gasteiger partial charge in [-0.3, -0.25) is 4.90 Å². The number of rotatable bonds is 3. The van der Waals surface area contributed by atoms with E-state index >= 15 is 0 Å². The summed E-state index contributed by atoms with van der Waals surface area (Å²) in [7, 11) is 2.21. The van der Waals surface area contributed by atoms with Crippen LogP contribution in [0.3, 0.4) is 0 Å². The number of carbonyl (C=O) groups is 2. The number of piperazine rings is 1. The molecule has 0 aromatic heterocycles. The van der Waals surface area contributed by atoms with E-state index in [-0.39, 0.29) is 0 Å². The minimum absolute atomic E-state index is 0.451. The summed E-state index contributed by atoms with van der Waals surface area (Å²) in [5, 5.41) is 16.5. The Morgan fingerprint density at radius 2 is 1.65 bits per heavy atom. The SMILES string of the molecule is CN1CCN(C2Cc3cc(Cl)ccc3Sc3ccccc32)CC1.O=C(O)/C=C\C(=O)O. The third kappa shape index (κ3) is 6.58. The van der Waals surface area contributed by atoms with E-state index in [4.69, 9.17) is 21.8 Å². The molecule has 1 fully saturated rings. The van der Waals surface area contributed by atoms with Crippen LogP contribution < -0.4 is 0 Å². The van der Waals surface area contributed by atoms with Gasteiger partial charge in [0.15, 0.2) is 0 Å². The lowest BCUT2D eigenvalue weighted by Gasteiger charge is -2.38. The van der Waals surface area contributed by atoms with E-state index in [0.29, 0.717) is 18.2 Å². The zero-order chi connectivity index (χ0) is 22.4. The topological polar surface area (TPSA) is 81.1 Å². The van der Waals surface area contributed by atoms with Gasteiger partial charge < -0.3 is 15.1 Å². The van der Waals surface area contributed by atoms with Crippen LogP contribution in [0, 0.1) is 0 Å². The first kappa shape index (κ1) is 23.3. The molecule has 4 rings (SSSR count). The summed E-state index contributed by atoms with van der Waals surface area (Å²) >= 11 is 8.15. The van der Waals surface area contributed by atoms with Crippen molar-refractivity contribution < 1.29 is 19.8 Å². The zero-order valence-electron chi connectivity index (χ0n) is 17.2. The highest BCUT2D eigenvalue weighted by Gasteiger charge is 2.29. The molecule has 2 heterocycles. The van der Waals surface area contributed by atoms with Crippen LogP contribution in [0.15, 0.2) is 64.4 Å². The first-order valence-corrected chi connectivity index (χ1v) is 11.1. The van der Waals surface area contributed by atoms with Crippen molar-refractivity contribution in [3.63, 3.8) is 0 Å². The van der Waals surface area contributed by atoms with E-state index in [9.17, 15) is 9.59 Å². The normalized spacial score (nSPS) is 19.0. The van der Waals surface area contributed by atoms with Crippen LogP contribution in [0.2, 0.25) is 5.02 Å². The Morgan fingerprint density at radius 1 is 1.00 bits per heavy atom. The fourth-order valence-electron chi connectivity index (χ4n) is 3.69. The summed E-state index contributed by atoms with van der Waals surface area (Å²) < 4.78 is 0. The monoisotopic (exact) mass is 460 g/mol. The highest BCUT2D eigenvalue weighted by atomic mass is 35.5. The Morgan fingerprint density at radius 3 is 2.29 bits per heavy atom. The van der Waals surface area contributed by atoms with Gasteiger partial charge in [-0.05, 0) is 48.9 Å². The number of carboxylic acids is 2. The molecule has 0 radical (unpaired) electrons. The van der Waals surface area contributed by atoms with Crippen molar-refractivity contribution in [1.82, 2.24) is 9.80 Å². The Bertz CT molecular complexity index is 958. The molecule has 0 bridgehead atoms. The van der Waals surface area contributed by atoms with Crippen LogP contribution in [-0.4, -0.2) is 65.2 Å². The molecule has 164 valence electrons. The van der Waals surface area contributed by atoms with Gasteiger partial charge in [0.2, 0.25) is 0 Å². The average Bonchev–Trinajstić information content (AvgIpc) is 2.90. The van der Waals surface area contributed by atoms with E-state index in [0.717, 1.165) is 37.6 Å². The largest absolute Gasteiger partial charge is 0.478 e. The zero-order valence-corrected chi connectivity index (χ0v) is 18.8. The van der Waals surface area contributed by atoms with Gasteiger partial charge in [0.1, 0.15) is 0 Å². The molecule has 1 atom stereocenters. The number of hydrogen-bond acceptors (Lipinski definition) is 5. The number of halogens is 1. The second-order valence-electron chi connectivity index (χ2n) is 7.46. The highest BCUT2D eigenvalue weighted by molar-refractivity contribution is 7.99. The lowest BCUT2D eigenvalue weighted by molar-refractivity contribution is -0.134. The molecule has 0 saturated carbocycles. The Labute approximate surface area is 191 Å². The van der Waals surface area contributed by atoms with E-state index in [1.165, 1.54) is 20.9 Å². The van der Waals surface area contributed by atoms with Crippen LogP contribution >= 0.6 is 23.4 Å². The molecule has 8 heteroatoms. The van der Waals surface area contributed by atoms with Crippen molar-refractivity contribution in [2.75, 3.05) is 33.2 Å². The lowest BCUT2D eigenvalue weighted by Crippen LogP contribution is -2.46. The number of hydrogen-bond donors (Lipinski definition) is 2. The highest BCUT2D eigenvalue weighted by Crippen LogP contribution is 2.43. The molecule has 0 aliphatic carbocycles. The molecule has 2 aliphatic heterocycles. The molecule has 2 aliphatic rings. The van der Waals surface area contributed by atoms with Crippen molar-refractivity contribution in [3.05, 3.63) is 70.8 Å². The molecular formula is C23H25ClN2O4S.